The highest BCUT2D eigenvalue weighted by molar-refractivity contribution is 7.16. The van der Waals surface area contributed by atoms with E-state index in [2.05, 4.69) is 4.99 Å². The minimum Gasteiger partial charge on any atom is -0.497 e. The van der Waals surface area contributed by atoms with Crippen LogP contribution < -0.4 is 19.0 Å². The van der Waals surface area contributed by atoms with E-state index in [-0.39, 0.29) is 18.9 Å². The molecule has 0 unspecified atom stereocenters. The summed E-state index contributed by atoms with van der Waals surface area (Å²) in [6, 6.07) is 10.7. The number of thiazole rings is 1. The van der Waals surface area contributed by atoms with Crippen LogP contribution in [0.5, 0.6) is 17.2 Å². The van der Waals surface area contributed by atoms with Gasteiger partial charge in [-0.3, -0.25) is 9.59 Å². The van der Waals surface area contributed by atoms with Crippen molar-refractivity contribution in [2.24, 2.45) is 4.99 Å². The van der Waals surface area contributed by atoms with Gasteiger partial charge >= 0.3 is 5.97 Å². The van der Waals surface area contributed by atoms with Crippen LogP contribution in [0.25, 0.3) is 10.2 Å². The molecular weight excluding hydrogens is 408 g/mol. The van der Waals surface area contributed by atoms with Crippen LogP contribution in [0.3, 0.4) is 0 Å². The minimum atomic E-state index is -0.469. The first-order chi connectivity index (χ1) is 14.5. The number of rotatable bonds is 7. The van der Waals surface area contributed by atoms with E-state index in [1.165, 1.54) is 25.6 Å². The standard InChI is InChI=1S/C21H22N2O6S/c1-26-14-7-5-13(6-8-14)11-17(24)22-21-23(12-18(25)29-4)19-15(27-2)9-10-16(28-3)20(19)30-21/h5-10H,11-12H2,1-4H3. The van der Waals surface area contributed by atoms with Crippen molar-refractivity contribution in [3.8, 4) is 17.2 Å². The molecule has 0 aliphatic heterocycles. The molecule has 0 bridgehead atoms. The second kappa shape index (κ2) is 9.45. The fourth-order valence-electron chi connectivity index (χ4n) is 2.94. The average Bonchev–Trinajstić information content (AvgIpc) is 3.11. The van der Waals surface area contributed by atoms with Crippen LogP contribution in [0.1, 0.15) is 5.56 Å². The Bertz CT molecular complexity index is 1130. The normalized spacial score (nSPS) is 11.4. The number of fused-ring (bicyclic) bond motifs is 1. The highest BCUT2D eigenvalue weighted by atomic mass is 32.1. The summed E-state index contributed by atoms with van der Waals surface area (Å²) in [7, 11) is 5.98. The van der Waals surface area contributed by atoms with Crippen molar-refractivity contribution in [2.45, 2.75) is 13.0 Å². The molecule has 0 spiro atoms. The number of carbonyl (C=O) groups is 2. The van der Waals surface area contributed by atoms with Gasteiger partial charge in [-0.15, -0.1) is 0 Å². The van der Waals surface area contributed by atoms with E-state index < -0.39 is 5.97 Å². The van der Waals surface area contributed by atoms with Gasteiger partial charge in [-0.2, -0.15) is 4.99 Å². The fraction of sp³-hybridized carbons (Fsp3) is 0.286. The number of hydrogen-bond donors (Lipinski definition) is 0. The summed E-state index contributed by atoms with van der Waals surface area (Å²) in [6.07, 6.45) is 0.116. The van der Waals surface area contributed by atoms with Gasteiger partial charge in [0.25, 0.3) is 5.91 Å². The Morgan fingerprint density at radius 2 is 1.60 bits per heavy atom. The molecule has 158 valence electrons. The molecule has 1 heterocycles. The number of ether oxygens (including phenoxy) is 4. The van der Waals surface area contributed by atoms with Gasteiger partial charge in [-0.25, -0.2) is 0 Å². The zero-order valence-corrected chi connectivity index (χ0v) is 17.9. The van der Waals surface area contributed by atoms with E-state index >= 15 is 0 Å². The maximum Gasteiger partial charge on any atom is 0.325 e. The Labute approximate surface area is 177 Å². The first kappa shape index (κ1) is 21.4. The molecule has 3 rings (SSSR count). The first-order valence-electron chi connectivity index (χ1n) is 9.02. The number of methoxy groups -OCH3 is 4. The first-order valence-corrected chi connectivity index (χ1v) is 9.84. The number of aromatic nitrogens is 1. The Kier molecular flexibility index (Phi) is 6.73. The van der Waals surface area contributed by atoms with Crippen molar-refractivity contribution in [3.63, 3.8) is 0 Å². The van der Waals surface area contributed by atoms with Crippen molar-refractivity contribution in [3.05, 3.63) is 46.8 Å². The molecule has 0 fully saturated rings. The molecule has 2 aromatic carbocycles. The van der Waals surface area contributed by atoms with E-state index in [1.54, 1.807) is 43.1 Å². The number of benzene rings is 2. The van der Waals surface area contributed by atoms with E-state index in [1.807, 2.05) is 12.1 Å². The molecule has 1 aromatic heterocycles. The summed E-state index contributed by atoms with van der Waals surface area (Å²) >= 11 is 1.24. The Morgan fingerprint density at radius 3 is 2.20 bits per heavy atom. The van der Waals surface area contributed by atoms with Crippen LogP contribution in [0.15, 0.2) is 41.4 Å². The fourth-order valence-corrected chi connectivity index (χ4v) is 4.10. The predicted molar refractivity (Wildman–Crippen MR) is 112 cm³/mol. The lowest BCUT2D eigenvalue weighted by atomic mass is 10.1. The highest BCUT2D eigenvalue weighted by Crippen LogP contribution is 2.35. The smallest absolute Gasteiger partial charge is 0.325 e. The number of esters is 1. The highest BCUT2D eigenvalue weighted by Gasteiger charge is 2.18. The molecule has 0 aliphatic carbocycles. The maximum absolute atomic E-state index is 12.6. The minimum absolute atomic E-state index is 0.116. The van der Waals surface area contributed by atoms with E-state index in [9.17, 15) is 9.59 Å². The molecule has 0 radical (unpaired) electrons. The number of hydrogen-bond acceptors (Lipinski definition) is 7. The summed E-state index contributed by atoms with van der Waals surface area (Å²) in [5.41, 5.74) is 1.42. The molecular formula is C21H22N2O6S. The predicted octanol–water partition coefficient (Wildman–Crippen LogP) is 2.57. The van der Waals surface area contributed by atoms with Crippen LogP contribution in [0.4, 0.5) is 0 Å². The van der Waals surface area contributed by atoms with Crippen molar-refractivity contribution >= 4 is 33.4 Å². The lowest BCUT2D eigenvalue weighted by Crippen LogP contribution is -2.23. The largest absolute Gasteiger partial charge is 0.497 e. The Hall–Kier alpha value is -3.33. The lowest BCUT2D eigenvalue weighted by Gasteiger charge is -2.09. The van der Waals surface area contributed by atoms with Gasteiger partial charge in [-0.05, 0) is 29.8 Å². The number of carbonyl (C=O) groups excluding carboxylic acids is 2. The molecule has 0 atom stereocenters. The molecule has 0 N–H and O–H groups in total. The molecule has 30 heavy (non-hydrogen) atoms. The molecule has 0 aliphatic rings. The molecule has 0 saturated heterocycles. The molecule has 8 nitrogen and oxygen atoms in total. The van der Waals surface area contributed by atoms with E-state index in [4.69, 9.17) is 18.9 Å². The molecule has 9 heteroatoms. The molecule has 3 aromatic rings. The summed E-state index contributed by atoms with van der Waals surface area (Å²) < 4.78 is 23.2. The second-order valence-electron chi connectivity index (χ2n) is 6.23. The number of nitrogens with zero attached hydrogens (tertiary/aromatic N) is 2. The van der Waals surface area contributed by atoms with Crippen molar-refractivity contribution < 1.29 is 28.5 Å². The van der Waals surface area contributed by atoms with Crippen LogP contribution in [0, 0.1) is 0 Å². The van der Waals surface area contributed by atoms with Crippen LogP contribution >= 0.6 is 11.3 Å². The summed E-state index contributed by atoms with van der Waals surface area (Å²) in [6.45, 7) is -0.116. The van der Waals surface area contributed by atoms with Gasteiger partial charge in [0.05, 0.1) is 34.9 Å². The number of amides is 1. The van der Waals surface area contributed by atoms with Gasteiger partial charge < -0.3 is 23.5 Å². The summed E-state index contributed by atoms with van der Waals surface area (Å²) in [4.78, 5) is 29.3. The van der Waals surface area contributed by atoms with Gasteiger partial charge in [-0.1, -0.05) is 23.5 Å². The van der Waals surface area contributed by atoms with Crippen LogP contribution in [-0.2, 0) is 27.3 Å². The third-order valence-corrected chi connectivity index (χ3v) is 5.53. The summed E-state index contributed by atoms with van der Waals surface area (Å²) in [5.74, 6) is 1.03. The summed E-state index contributed by atoms with van der Waals surface area (Å²) in [5, 5.41) is 0. The molecule has 0 saturated carbocycles. The van der Waals surface area contributed by atoms with Crippen molar-refractivity contribution in [1.82, 2.24) is 4.57 Å². The van der Waals surface area contributed by atoms with Crippen LogP contribution in [-0.4, -0.2) is 44.9 Å². The topological polar surface area (TPSA) is 88.4 Å². The zero-order valence-electron chi connectivity index (χ0n) is 17.1. The van der Waals surface area contributed by atoms with Crippen molar-refractivity contribution in [2.75, 3.05) is 28.4 Å². The average molecular weight is 430 g/mol. The SMILES string of the molecule is COC(=O)Cn1c(=NC(=O)Cc2ccc(OC)cc2)sc2c(OC)ccc(OC)c21. The zero-order chi connectivity index (χ0) is 21.7. The van der Waals surface area contributed by atoms with Gasteiger partial charge in [0.1, 0.15) is 34.0 Å². The van der Waals surface area contributed by atoms with Gasteiger partial charge in [0.15, 0.2) is 4.80 Å². The Balaban J connectivity index is 2.09. The molecule has 1 amide bonds. The quantitative estimate of drug-likeness (QED) is 0.536. The second-order valence-corrected chi connectivity index (χ2v) is 7.20. The Morgan fingerprint density at radius 1 is 0.933 bits per heavy atom. The van der Waals surface area contributed by atoms with E-state index in [0.717, 1.165) is 10.3 Å². The third kappa shape index (κ3) is 4.46. The van der Waals surface area contributed by atoms with E-state index in [0.29, 0.717) is 27.6 Å². The van der Waals surface area contributed by atoms with Gasteiger partial charge in [0, 0.05) is 0 Å². The maximum atomic E-state index is 12.6. The lowest BCUT2D eigenvalue weighted by molar-refractivity contribution is -0.141. The van der Waals surface area contributed by atoms with Gasteiger partial charge in [0.2, 0.25) is 0 Å². The monoisotopic (exact) mass is 430 g/mol. The van der Waals surface area contributed by atoms with Crippen molar-refractivity contribution in [1.29, 1.82) is 0 Å². The third-order valence-electron chi connectivity index (χ3n) is 4.44. The van der Waals surface area contributed by atoms with Crippen LogP contribution in [0.2, 0.25) is 0 Å².